The summed E-state index contributed by atoms with van der Waals surface area (Å²) < 4.78 is 97.3. The van der Waals surface area contributed by atoms with E-state index in [1.54, 1.807) is 0 Å². The van der Waals surface area contributed by atoms with Crippen molar-refractivity contribution in [2.24, 2.45) is 5.92 Å². The quantitative estimate of drug-likeness (QED) is 0.373. The van der Waals surface area contributed by atoms with E-state index in [9.17, 15) is 26.7 Å². The Morgan fingerprint density at radius 2 is 1.58 bits per heavy atom. The minimum absolute atomic E-state index is 0.00956. The maximum atomic E-state index is 15.7. The van der Waals surface area contributed by atoms with Gasteiger partial charge in [-0.2, -0.15) is 13.2 Å². The Morgan fingerprint density at radius 1 is 0.974 bits per heavy atom. The average Bonchev–Trinajstić information content (AvgIpc) is 3.21. The van der Waals surface area contributed by atoms with E-state index in [0.29, 0.717) is 0 Å². The van der Waals surface area contributed by atoms with Crippen LogP contribution in [0, 0.1) is 11.7 Å². The van der Waals surface area contributed by atoms with Crippen molar-refractivity contribution in [3.05, 3.63) is 58.9 Å². The van der Waals surface area contributed by atoms with Crippen molar-refractivity contribution in [1.29, 1.82) is 0 Å². The standard InChI is InChI=1S/C27H28BF6NO3/c1-23(2)24(3,4)38-28(37-23)19-9-8-16(14-20(19)29)26(15-10-12-25(30,31)13-11-15)17-6-5-7-18(27(32,33)34)21(17)35-22(26)36/h5-9,14-15H,10-13H2,1-4H3,(H,35,36). The zero-order chi connectivity index (χ0) is 27.9. The largest absolute Gasteiger partial charge is 0.497 e. The molecule has 2 aliphatic heterocycles. The SMILES string of the molecule is CC1(C)OB(c2ccc(C3(C4CCC(F)(F)CC4)C(=O)Nc4c(C(F)(F)F)cccc43)cc2F)OC1(C)C. The summed E-state index contributed by atoms with van der Waals surface area (Å²) in [6, 6.07) is 7.38. The van der Waals surface area contributed by atoms with Crippen molar-refractivity contribution >= 4 is 24.2 Å². The number of para-hydroxylation sites is 1. The second-order valence-corrected chi connectivity index (χ2v) is 11.4. The monoisotopic (exact) mass is 539 g/mol. The average molecular weight is 539 g/mol. The summed E-state index contributed by atoms with van der Waals surface area (Å²) in [7, 11) is -1.04. The number of benzene rings is 2. The molecule has 1 unspecified atom stereocenters. The molecule has 4 nitrogen and oxygen atoms in total. The molecular weight excluding hydrogens is 511 g/mol. The lowest BCUT2D eigenvalue weighted by Gasteiger charge is -2.40. The van der Waals surface area contributed by atoms with E-state index < -0.39 is 77.6 Å². The molecule has 1 N–H and O–H groups in total. The Kier molecular flexibility index (Phi) is 6.04. The van der Waals surface area contributed by atoms with Gasteiger partial charge in [-0.1, -0.05) is 24.3 Å². The van der Waals surface area contributed by atoms with Gasteiger partial charge in [0.1, 0.15) is 11.2 Å². The van der Waals surface area contributed by atoms with Gasteiger partial charge in [-0.3, -0.25) is 4.79 Å². The molecule has 2 aromatic carbocycles. The van der Waals surface area contributed by atoms with Crippen LogP contribution >= 0.6 is 0 Å². The van der Waals surface area contributed by atoms with E-state index in [1.165, 1.54) is 24.3 Å². The molecule has 1 aliphatic carbocycles. The lowest BCUT2D eigenvalue weighted by Crippen LogP contribution is -2.46. The fourth-order valence-electron chi connectivity index (χ4n) is 5.92. The van der Waals surface area contributed by atoms with E-state index in [-0.39, 0.29) is 29.4 Å². The molecule has 1 saturated carbocycles. The van der Waals surface area contributed by atoms with E-state index >= 15 is 4.39 Å². The molecule has 204 valence electrons. The second-order valence-electron chi connectivity index (χ2n) is 11.4. The number of alkyl halides is 5. The molecule has 2 heterocycles. The summed E-state index contributed by atoms with van der Waals surface area (Å²) in [6.07, 6.45) is -6.03. The molecule has 2 aromatic rings. The highest BCUT2D eigenvalue weighted by molar-refractivity contribution is 6.62. The van der Waals surface area contributed by atoms with Crippen LogP contribution < -0.4 is 10.8 Å². The lowest BCUT2D eigenvalue weighted by atomic mass is 9.61. The summed E-state index contributed by atoms with van der Waals surface area (Å²) >= 11 is 0. The first-order chi connectivity index (χ1) is 17.5. The van der Waals surface area contributed by atoms with E-state index in [1.807, 2.05) is 27.7 Å². The number of halogens is 6. The fourth-order valence-corrected chi connectivity index (χ4v) is 5.92. The Balaban J connectivity index is 1.65. The molecule has 0 bridgehead atoms. The van der Waals surface area contributed by atoms with Crippen molar-refractivity contribution in [2.75, 3.05) is 5.32 Å². The highest BCUT2D eigenvalue weighted by atomic mass is 19.4. The van der Waals surface area contributed by atoms with Gasteiger partial charge in [0.05, 0.1) is 22.5 Å². The highest BCUT2D eigenvalue weighted by Gasteiger charge is 2.58. The van der Waals surface area contributed by atoms with Crippen molar-refractivity contribution in [3.63, 3.8) is 0 Å². The molecule has 0 radical (unpaired) electrons. The van der Waals surface area contributed by atoms with Crippen molar-refractivity contribution in [3.8, 4) is 0 Å². The maximum Gasteiger partial charge on any atom is 0.497 e. The molecule has 5 rings (SSSR count). The highest BCUT2D eigenvalue weighted by Crippen LogP contribution is 2.56. The Hall–Kier alpha value is -2.53. The summed E-state index contributed by atoms with van der Waals surface area (Å²) in [4.78, 5) is 13.7. The van der Waals surface area contributed by atoms with Crippen molar-refractivity contribution in [2.45, 2.75) is 82.1 Å². The van der Waals surface area contributed by atoms with Gasteiger partial charge < -0.3 is 14.6 Å². The zero-order valence-corrected chi connectivity index (χ0v) is 21.4. The number of anilines is 1. The molecule has 1 atom stereocenters. The number of rotatable bonds is 3. The van der Waals surface area contributed by atoms with Crippen molar-refractivity contribution in [1.82, 2.24) is 0 Å². The Bertz CT molecular complexity index is 1270. The lowest BCUT2D eigenvalue weighted by molar-refractivity contribution is -0.136. The minimum atomic E-state index is -4.76. The number of nitrogens with one attached hydrogen (secondary N) is 1. The summed E-state index contributed by atoms with van der Waals surface area (Å²) in [5.74, 6) is -5.26. The van der Waals surface area contributed by atoms with Crippen LogP contribution in [-0.2, 0) is 25.7 Å². The first-order valence-electron chi connectivity index (χ1n) is 12.6. The summed E-state index contributed by atoms with van der Waals surface area (Å²) in [6.45, 7) is 7.24. The first kappa shape index (κ1) is 27.1. The Labute approximate surface area is 217 Å². The van der Waals surface area contributed by atoms with Crippen molar-refractivity contribution < 1.29 is 40.4 Å². The number of fused-ring (bicyclic) bond motifs is 1. The van der Waals surface area contributed by atoms with Crippen LogP contribution in [0.25, 0.3) is 0 Å². The zero-order valence-electron chi connectivity index (χ0n) is 21.4. The molecular formula is C27H28BF6NO3. The molecule has 3 aliphatic rings. The molecule has 0 aromatic heterocycles. The van der Waals surface area contributed by atoms with Crippen LogP contribution in [0.4, 0.5) is 32.0 Å². The molecule has 1 amide bonds. The topological polar surface area (TPSA) is 47.6 Å². The third kappa shape index (κ3) is 4.04. The van der Waals surface area contributed by atoms with Gasteiger partial charge in [0.2, 0.25) is 11.8 Å². The van der Waals surface area contributed by atoms with Gasteiger partial charge in [-0.05, 0) is 69.7 Å². The van der Waals surface area contributed by atoms with Crippen LogP contribution in [0.5, 0.6) is 0 Å². The maximum absolute atomic E-state index is 15.7. The van der Waals surface area contributed by atoms with Gasteiger partial charge in [0.25, 0.3) is 0 Å². The second kappa shape index (κ2) is 8.49. The molecule has 0 spiro atoms. The van der Waals surface area contributed by atoms with Crippen LogP contribution in [0.2, 0.25) is 0 Å². The summed E-state index contributed by atoms with van der Waals surface area (Å²) in [5.41, 5.74) is -4.54. The number of carbonyl (C=O) groups excluding carboxylic acids is 1. The van der Waals surface area contributed by atoms with Crippen LogP contribution in [0.1, 0.15) is 70.1 Å². The normalized spacial score (nSPS) is 26.4. The Morgan fingerprint density at radius 3 is 2.13 bits per heavy atom. The molecule has 11 heteroatoms. The number of carbonyl (C=O) groups is 1. The van der Waals surface area contributed by atoms with Gasteiger partial charge >= 0.3 is 13.3 Å². The molecule has 38 heavy (non-hydrogen) atoms. The van der Waals surface area contributed by atoms with E-state index in [0.717, 1.165) is 12.1 Å². The van der Waals surface area contributed by atoms with E-state index in [4.69, 9.17) is 9.31 Å². The van der Waals surface area contributed by atoms with Crippen LogP contribution in [0.15, 0.2) is 36.4 Å². The fraction of sp³-hybridized carbons (Fsp3) is 0.519. The predicted octanol–water partition coefficient (Wildman–Crippen LogP) is 6.21. The summed E-state index contributed by atoms with van der Waals surface area (Å²) in [5, 5.41) is 2.37. The van der Waals surface area contributed by atoms with Gasteiger partial charge in [0.15, 0.2) is 0 Å². The third-order valence-electron chi connectivity index (χ3n) is 8.68. The number of hydrogen-bond acceptors (Lipinski definition) is 3. The third-order valence-corrected chi connectivity index (χ3v) is 8.68. The molecule has 1 saturated heterocycles. The number of hydrogen-bond donors (Lipinski definition) is 1. The number of amides is 1. The van der Waals surface area contributed by atoms with Gasteiger partial charge in [0, 0.05) is 18.3 Å². The van der Waals surface area contributed by atoms with Crippen LogP contribution in [-0.4, -0.2) is 30.2 Å². The van der Waals surface area contributed by atoms with Crippen LogP contribution in [0.3, 0.4) is 0 Å². The molecule has 2 fully saturated rings. The smallest absolute Gasteiger partial charge is 0.399 e. The first-order valence-corrected chi connectivity index (χ1v) is 12.6. The van der Waals surface area contributed by atoms with E-state index in [2.05, 4.69) is 5.32 Å². The minimum Gasteiger partial charge on any atom is -0.399 e. The van der Waals surface area contributed by atoms with Gasteiger partial charge in [-0.25, -0.2) is 13.2 Å². The predicted molar refractivity (Wildman–Crippen MR) is 130 cm³/mol. The van der Waals surface area contributed by atoms with Gasteiger partial charge in [-0.15, -0.1) is 0 Å².